The van der Waals surface area contributed by atoms with Crippen molar-refractivity contribution in [3.63, 3.8) is 0 Å². The second-order valence-corrected chi connectivity index (χ2v) is 8.22. The summed E-state index contributed by atoms with van der Waals surface area (Å²) in [6.45, 7) is 7.76. The summed E-state index contributed by atoms with van der Waals surface area (Å²) < 4.78 is 6.18. The Kier molecular flexibility index (Phi) is 8.03. The van der Waals surface area contributed by atoms with Crippen LogP contribution in [0.4, 0.5) is 0 Å². The molecule has 2 nitrogen and oxygen atoms in total. The molecule has 3 rings (SSSR count). The molecule has 0 unspecified atom stereocenters. The van der Waals surface area contributed by atoms with Crippen molar-refractivity contribution in [1.82, 2.24) is 5.32 Å². The fourth-order valence-corrected chi connectivity index (χ4v) is 3.34. The summed E-state index contributed by atoms with van der Waals surface area (Å²) in [5.74, 6) is 0.874. The van der Waals surface area contributed by atoms with Gasteiger partial charge in [-0.15, -0.1) is 12.4 Å². The van der Waals surface area contributed by atoms with E-state index >= 15 is 0 Å². The van der Waals surface area contributed by atoms with Gasteiger partial charge in [-0.05, 0) is 49.2 Å². The zero-order valence-electron chi connectivity index (χ0n) is 16.4. The smallest absolute Gasteiger partial charge is 0.124 e. The molecule has 0 atom stereocenters. The van der Waals surface area contributed by atoms with Crippen LogP contribution in [0.1, 0.15) is 38.3 Å². The SMILES string of the molecule is CCC(C)(C)NCc1c(OCc2ccc(Cl)cc2Cl)ccc2ccccc12.Cl. The molecule has 150 valence electrons. The largest absolute Gasteiger partial charge is 0.488 e. The third-order valence-corrected chi connectivity index (χ3v) is 5.61. The van der Waals surface area contributed by atoms with Gasteiger partial charge in [-0.1, -0.05) is 66.5 Å². The number of rotatable bonds is 7. The van der Waals surface area contributed by atoms with Gasteiger partial charge < -0.3 is 10.1 Å². The Morgan fingerprint density at radius 3 is 2.46 bits per heavy atom. The summed E-state index contributed by atoms with van der Waals surface area (Å²) in [4.78, 5) is 0. The first-order valence-electron chi connectivity index (χ1n) is 9.22. The van der Waals surface area contributed by atoms with Gasteiger partial charge in [-0.3, -0.25) is 0 Å². The van der Waals surface area contributed by atoms with E-state index in [1.54, 1.807) is 6.07 Å². The highest BCUT2D eigenvalue weighted by atomic mass is 35.5. The van der Waals surface area contributed by atoms with Crippen LogP contribution in [0.15, 0.2) is 54.6 Å². The van der Waals surface area contributed by atoms with Crippen molar-refractivity contribution in [3.05, 3.63) is 75.8 Å². The van der Waals surface area contributed by atoms with Gasteiger partial charge in [0.15, 0.2) is 0 Å². The molecule has 0 spiro atoms. The van der Waals surface area contributed by atoms with Gasteiger partial charge in [0.1, 0.15) is 12.4 Å². The molecule has 0 fully saturated rings. The number of ether oxygens (including phenoxy) is 1. The van der Waals surface area contributed by atoms with Crippen molar-refractivity contribution in [1.29, 1.82) is 0 Å². The van der Waals surface area contributed by atoms with E-state index in [0.29, 0.717) is 16.7 Å². The lowest BCUT2D eigenvalue weighted by atomic mass is 9.99. The quantitative estimate of drug-likeness (QED) is 0.414. The summed E-state index contributed by atoms with van der Waals surface area (Å²) in [7, 11) is 0. The number of benzene rings is 3. The molecule has 3 aromatic rings. The zero-order chi connectivity index (χ0) is 19.4. The van der Waals surface area contributed by atoms with E-state index in [-0.39, 0.29) is 17.9 Å². The minimum atomic E-state index is 0. The van der Waals surface area contributed by atoms with Crippen molar-refractivity contribution in [3.8, 4) is 5.75 Å². The Morgan fingerprint density at radius 2 is 1.75 bits per heavy atom. The first-order chi connectivity index (χ1) is 12.9. The standard InChI is InChI=1S/C23H25Cl2NO.ClH/c1-4-23(2,3)26-14-20-19-8-6-5-7-16(19)10-12-22(20)27-15-17-9-11-18(24)13-21(17)25;/h5-13,26H,4,14-15H2,1-3H3;1H. The molecule has 0 aliphatic heterocycles. The maximum absolute atomic E-state index is 6.29. The second-order valence-electron chi connectivity index (χ2n) is 7.38. The van der Waals surface area contributed by atoms with Gasteiger partial charge in [0.2, 0.25) is 0 Å². The van der Waals surface area contributed by atoms with E-state index < -0.39 is 0 Å². The maximum Gasteiger partial charge on any atom is 0.124 e. The maximum atomic E-state index is 6.29. The Labute approximate surface area is 183 Å². The molecular formula is C23H26Cl3NO. The zero-order valence-corrected chi connectivity index (χ0v) is 18.7. The van der Waals surface area contributed by atoms with E-state index in [9.17, 15) is 0 Å². The third-order valence-electron chi connectivity index (χ3n) is 5.02. The molecule has 0 amide bonds. The predicted molar refractivity (Wildman–Crippen MR) is 123 cm³/mol. The normalized spacial score (nSPS) is 11.3. The van der Waals surface area contributed by atoms with Crippen LogP contribution in [0.2, 0.25) is 10.0 Å². The van der Waals surface area contributed by atoms with Gasteiger partial charge in [0.25, 0.3) is 0 Å². The average Bonchev–Trinajstić information content (AvgIpc) is 2.66. The highest BCUT2D eigenvalue weighted by Crippen LogP contribution is 2.30. The second kappa shape index (κ2) is 9.84. The Bertz CT molecular complexity index is 940. The molecule has 0 radical (unpaired) electrons. The Hall–Kier alpha value is -1.45. The summed E-state index contributed by atoms with van der Waals surface area (Å²) in [6, 6.07) is 18.0. The molecule has 0 aliphatic rings. The van der Waals surface area contributed by atoms with Gasteiger partial charge in [0, 0.05) is 33.3 Å². The van der Waals surface area contributed by atoms with Crippen LogP contribution in [-0.2, 0) is 13.2 Å². The summed E-state index contributed by atoms with van der Waals surface area (Å²) >= 11 is 12.3. The minimum Gasteiger partial charge on any atom is -0.488 e. The van der Waals surface area contributed by atoms with Gasteiger partial charge >= 0.3 is 0 Å². The van der Waals surface area contributed by atoms with Gasteiger partial charge in [0.05, 0.1) is 0 Å². The fourth-order valence-electron chi connectivity index (χ4n) is 2.88. The topological polar surface area (TPSA) is 21.3 Å². The lowest BCUT2D eigenvalue weighted by molar-refractivity contribution is 0.299. The number of halogens is 3. The van der Waals surface area contributed by atoms with Crippen LogP contribution in [-0.4, -0.2) is 5.54 Å². The van der Waals surface area contributed by atoms with Crippen LogP contribution in [0.3, 0.4) is 0 Å². The van der Waals surface area contributed by atoms with Crippen LogP contribution in [0.25, 0.3) is 10.8 Å². The number of fused-ring (bicyclic) bond motifs is 1. The van der Waals surface area contributed by atoms with Crippen molar-refractivity contribution >= 4 is 46.4 Å². The molecule has 3 aromatic carbocycles. The lowest BCUT2D eigenvalue weighted by Crippen LogP contribution is -2.37. The summed E-state index contributed by atoms with van der Waals surface area (Å²) in [5, 5.41) is 7.31. The molecule has 28 heavy (non-hydrogen) atoms. The Balaban J connectivity index is 0.00000280. The van der Waals surface area contributed by atoms with E-state index in [2.05, 4.69) is 56.4 Å². The van der Waals surface area contributed by atoms with Crippen LogP contribution in [0, 0.1) is 0 Å². The van der Waals surface area contributed by atoms with Crippen molar-refractivity contribution < 1.29 is 4.74 Å². The highest BCUT2D eigenvalue weighted by Gasteiger charge is 2.17. The molecule has 0 saturated carbocycles. The van der Waals surface area contributed by atoms with E-state index in [0.717, 1.165) is 24.3 Å². The fraction of sp³-hybridized carbons (Fsp3) is 0.304. The average molecular weight is 439 g/mol. The molecule has 1 N–H and O–H groups in total. The number of hydrogen-bond donors (Lipinski definition) is 1. The van der Waals surface area contributed by atoms with Crippen molar-refractivity contribution in [2.45, 2.75) is 45.9 Å². The minimum absolute atomic E-state index is 0. The first-order valence-corrected chi connectivity index (χ1v) is 9.97. The van der Waals surface area contributed by atoms with Crippen LogP contribution in [0.5, 0.6) is 5.75 Å². The first kappa shape index (κ1) is 22.8. The van der Waals surface area contributed by atoms with Crippen LogP contribution >= 0.6 is 35.6 Å². The van der Waals surface area contributed by atoms with Gasteiger partial charge in [-0.2, -0.15) is 0 Å². The monoisotopic (exact) mass is 437 g/mol. The van der Waals surface area contributed by atoms with E-state index in [1.807, 2.05) is 18.2 Å². The lowest BCUT2D eigenvalue weighted by Gasteiger charge is -2.26. The predicted octanol–water partition coefficient (Wildman–Crippen LogP) is 7.43. The molecule has 0 saturated heterocycles. The van der Waals surface area contributed by atoms with Crippen molar-refractivity contribution in [2.24, 2.45) is 0 Å². The number of nitrogens with one attached hydrogen (secondary N) is 1. The molecule has 0 heterocycles. The van der Waals surface area contributed by atoms with Gasteiger partial charge in [-0.25, -0.2) is 0 Å². The molecule has 5 heteroatoms. The van der Waals surface area contributed by atoms with E-state index in [1.165, 1.54) is 16.3 Å². The molecule has 0 aromatic heterocycles. The molecule has 0 bridgehead atoms. The summed E-state index contributed by atoms with van der Waals surface area (Å²) in [5.41, 5.74) is 2.15. The third kappa shape index (κ3) is 5.55. The van der Waals surface area contributed by atoms with Crippen LogP contribution < -0.4 is 10.1 Å². The summed E-state index contributed by atoms with van der Waals surface area (Å²) in [6.07, 6.45) is 1.05. The molecular weight excluding hydrogens is 413 g/mol. The Morgan fingerprint density at radius 1 is 1.00 bits per heavy atom. The van der Waals surface area contributed by atoms with Crippen molar-refractivity contribution in [2.75, 3.05) is 0 Å². The highest BCUT2D eigenvalue weighted by molar-refractivity contribution is 6.35. The molecule has 0 aliphatic carbocycles. The van der Waals surface area contributed by atoms with E-state index in [4.69, 9.17) is 27.9 Å². The number of hydrogen-bond acceptors (Lipinski definition) is 2.